The number of hydrogen-bond acceptors (Lipinski definition) is 2. The van der Waals surface area contributed by atoms with Gasteiger partial charge in [-0.25, -0.2) is 13.2 Å². The van der Waals surface area contributed by atoms with Gasteiger partial charge in [0.25, 0.3) is 0 Å². The lowest BCUT2D eigenvalue weighted by atomic mass is 9.56. The summed E-state index contributed by atoms with van der Waals surface area (Å²) in [5, 5.41) is 3.24. The minimum absolute atomic E-state index is 0.233. The molecular weight excluding hydrogens is 325 g/mol. The van der Waals surface area contributed by atoms with E-state index in [2.05, 4.69) is 12.2 Å². The molecular formula is C20H21F3N2. The normalized spacial score (nSPS) is 30.5. The number of fused-ring (bicyclic) bond motifs is 1. The van der Waals surface area contributed by atoms with Crippen LogP contribution in [0, 0.1) is 29.3 Å². The maximum atomic E-state index is 14.4. The molecule has 4 rings (SSSR count). The van der Waals surface area contributed by atoms with E-state index in [0.29, 0.717) is 23.7 Å². The lowest BCUT2D eigenvalue weighted by Gasteiger charge is -2.48. The molecule has 0 amide bonds. The average Bonchev–Trinajstić information content (AvgIpc) is 2.82. The van der Waals surface area contributed by atoms with Gasteiger partial charge in [-0.2, -0.15) is 0 Å². The predicted molar refractivity (Wildman–Crippen MR) is 91.7 cm³/mol. The van der Waals surface area contributed by atoms with Gasteiger partial charge in [-0.3, -0.25) is 0 Å². The molecule has 2 aromatic rings. The van der Waals surface area contributed by atoms with Crippen LogP contribution in [0.2, 0.25) is 0 Å². The number of benzene rings is 2. The van der Waals surface area contributed by atoms with Crippen molar-refractivity contribution in [2.24, 2.45) is 17.6 Å². The first-order valence-corrected chi connectivity index (χ1v) is 8.65. The highest BCUT2D eigenvalue weighted by molar-refractivity contribution is 5.65. The van der Waals surface area contributed by atoms with Crippen molar-refractivity contribution in [2.75, 3.05) is 11.9 Å². The smallest absolute Gasteiger partial charge is 0.149 e. The van der Waals surface area contributed by atoms with Crippen molar-refractivity contribution in [3.05, 3.63) is 65.0 Å². The molecule has 2 atom stereocenters. The standard InChI is InChI=1S/C20H21F3N2/c1-20(13-6-11(7-13)10-24)16-8-15(22)9-17(23)18(16)25-19(20)12-2-4-14(21)5-3-12/h2-5,8-9,11,13,19,25H,6-7,10,24H2,1H3/t11-,13-,19?,20?. The third-order valence-electron chi connectivity index (χ3n) is 6.14. The van der Waals surface area contributed by atoms with Gasteiger partial charge in [-0.05, 0) is 60.5 Å². The molecule has 0 aromatic heterocycles. The highest BCUT2D eigenvalue weighted by Gasteiger charge is 2.53. The topological polar surface area (TPSA) is 38.0 Å². The van der Waals surface area contributed by atoms with Crippen molar-refractivity contribution in [3.8, 4) is 0 Å². The highest BCUT2D eigenvalue weighted by atomic mass is 19.1. The Morgan fingerprint density at radius 2 is 1.76 bits per heavy atom. The summed E-state index contributed by atoms with van der Waals surface area (Å²) < 4.78 is 41.7. The number of rotatable bonds is 3. The average molecular weight is 346 g/mol. The summed E-state index contributed by atoms with van der Waals surface area (Å²) >= 11 is 0. The molecule has 0 saturated heterocycles. The van der Waals surface area contributed by atoms with Crippen LogP contribution in [0.3, 0.4) is 0 Å². The summed E-state index contributed by atoms with van der Waals surface area (Å²) in [4.78, 5) is 0. The van der Waals surface area contributed by atoms with Crippen molar-refractivity contribution in [1.29, 1.82) is 0 Å². The monoisotopic (exact) mass is 346 g/mol. The largest absolute Gasteiger partial charge is 0.375 e. The summed E-state index contributed by atoms with van der Waals surface area (Å²) in [7, 11) is 0. The molecule has 1 aliphatic heterocycles. The van der Waals surface area contributed by atoms with Gasteiger partial charge in [0, 0.05) is 11.5 Å². The van der Waals surface area contributed by atoms with Gasteiger partial charge < -0.3 is 11.1 Å². The lowest BCUT2D eigenvalue weighted by Crippen LogP contribution is -2.45. The molecule has 132 valence electrons. The quantitative estimate of drug-likeness (QED) is 0.858. The van der Waals surface area contributed by atoms with Crippen LogP contribution in [0.25, 0.3) is 0 Å². The van der Waals surface area contributed by atoms with Crippen molar-refractivity contribution in [2.45, 2.75) is 31.2 Å². The van der Waals surface area contributed by atoms with E-state index in [4.69, 9.17) is 5.73 Å². The van der Waals surface area contributed by atoms with Crippen LogP contribution in [0.15, 0.2) is 36.4 Å². The Morgan fingerprint density at radius 3 is 2.40 bits per heavy atom. The van der Waals surface area contributed by atoms with E-state index in [1.165, 1.54) is 18.2 Å². The van der Waals surface area contributed by atoms with Gasteiger partial charge in [-0.1, -0.05) is 19.1 Å². The molecule has 2 unspecified atom stereocenters. The maximum Gasteiger partial charge on any atom is 0.149 e. The van der Waals surface area contributed by atoms with Crippen molar-refractivity contribution >= 4 is 5.69 Å². The summed E-state index contributed by atoms with van der Waals surface area (Å²) in [5.41, 5.74) is 7.19. The second kappa shape index (κ2) is 5.77. The van der Waals surface area contributed by atoms with E-state index < -0.39 is 17.0 Å². The Labute approximate surface area is 145 Å². The molecule has 2 aliphatic rings. The zero-order valence-corrected chi connectivity index (χ0v) is 14.0. The number of nitrogens with two attached hydrogens (primary N) is 1. The van der Waals surface area contributed by atoms with Crippen LogP contribution in [0.4, 0.5) is 18.9 Å². The van der Waals surface area contributed by atoms with Crippen molar-refractivity contribution in [1.82, 2.24) is 0 Å². The van der Waals surface area contributed by atoms with E-state index in [9.17, 15) is 13.2 Å². The first kappa shape index (κ1) is 16.5. The maximum absolute atomic E-state index is 14.4. The van der Waals surface area contributed by atoms with E-state index >= 15 is 0 Å². The first-order valence-electron chi connectivity index (χ1n) is 8.65. The van der Waals surface area contributed by atoms with Crippen LogP contribution in [-0.2, 0) is 5.41 Å². The highest BCUT2D eigenvalue weighted by Crippen LogP contribution is 2.59. The zero-order valence-electron chi connectivity index (χ0n) is 14.0. The Bertz CT molecular complexity index is 799. The zero-order chi connectivity index (χ0) is 17.8. The molecule has 0 spiro atoms. The van der Waals surface area contributed by atoms with Crippen LogP contribution in [0.1, 0.15) is 36.9 Å². The fourth-order valence-corrected chi connectivity index (χ4v) is 4.55. The molecule has 25 heavy (non-hydrogen) atoms. The van der Waals surface area contributed by atoms with Crippen LogP contribution >= 0.6 is 0 Å². The molecule has 1 heterocycles. The fraction of sp³-hybridized carbons (Fsp3) is 0.400. The Hall–Kier alpha value is -2.01. The lowest BCUT2D eigenvalue weighted by molar-refractivity contribution is 0.100. The van der Waals surface area contributed by atoms with Crippen molar-refractivity contribution in [3.63, 3.8) is 0 Å². The Balaban J connectivity index is 1.81. The second-order valence-corrected chi connectivity index (χ2v) is 7.49. The molecule has 1 fully saturated rings. The molecule has 2 aromatic carbocycles. The van der Waals surface area contributed by atoms with E-state index in [-0.39, 0.29) is 17.8 Å². The molecule has 0 radical (unpaired) electrons. The summed E-state index contributed by atoms with van der Waals surface area (Å²) in [6.07, 6.45) is 1.87. The summed E-state index contributed by atoms with van der Waals surface area (Å²) in [5.74, 6) is -0.742. The van der Waals surface area contributed by atoms with E-state index in [1.54, 1.807) is 12.1 Å². The summed E-state index contributed by atoms with van der Waals surface area (Å²) in [6, 6.07) is 8.34. The van der Waals surface area contributed by atoms with E-state index in [0.717, 1.165) is 24.5 Å². The summed E-state index contributed by atoms with van der Waals surface area (Å²) in [6.45, 7) is 2.68. The van der Waals surface area contributed by atoms with Crippen LogP contribution in [0.5, 0.6) is 0 Å². The molecule has 1 saturated carbocycles. The van der Waals surface area contributed by atoms with E-state index in [1.807, 2.05) is 0 Å². The molecule has 2 nitrogen and oxygen atoms in total. The first-order chi connectivity index (χ1) is 11.9. The Morgan fingerprint density at radius 1 is 1.08 bits per heavy atom. The van der Waals surface area contributed by atoms with Gasteiger partial charge in [0.2, 0.25) is 0 Å². The fourth-order valence-electron chi connectivity index (χ4n) is 4.55. The Kier molecular flexibility index (Phi) is 3.80. The van der Waals surface area contributed by atoms with Crippen LogP contribution < -0.4 is 11.1 Å². The van der Waals surface area contributed by atoms with Gasteiger partial charge in [0.05, 0.1) is 11.7 Å². The molecule has 3 N–H and O–H groups in total. The number of nitrogens with one attached hydrogen (secondary N) is 1. The second-order valence-electron chi connectivity index (χ2n) is 7.49. The van der Waals surface area contributed by atoms with Crippen molar-refractivity contribution < 1.29 is 13.2 Å². The van der Waals surface area contributed by atoms with Gasteiger partial charge in [0.1, 0.15) is 17.5 Å². The minimum Gasteiger partial charge on any atom is -0.375 e. The van der Waals surface area contributed by atoms with Crippen LogP contribution in [-0.4, -0.2) is 6.54 Å². The van der Waals surface area contributed by atoms with Gasteiger partial charge >= 0.3 is 0 Å². The minimum atomic E-state index is -0.583. The SMILES string of the molecule is CC1([C@H]2C[C@H](CN)C2)c2cc(F)cc(F)c2NC1c1ccc(F)cc1. The predicted octanol–water partition coefficient (Wildman–Crippen LogP) is 4.51. The molecule has 5 heteroatoms. The third-order valence-corrected chi connectivity index (χ3v) is 6.14. The molecule has 1 aliphatic carbocycles. The third kappa shape index (κ3) is 2.44. The van der Waals surface area contributed by atoms with Gasteiger partial charge in [-0.15, -0.1) is 0 Å². The van der Waals surface area contributed by atoms with Gasteiger partial charge in [0.15, 0.2) is 0 Å². The number of halogens is 3. The number of anilines is 1. The number of hydrogen-bond donors (Lipinski definition) is 2. The molecule has 0 bridgehead atoms.